The highest BCUT2D eigenvalue weighted by atomic mass is 32.2. The molecule has 0 aliphatic heterocycles. The van der Waals surface area contributed by atoms with Gasteiger partial charge in [-0.15, -0.1) is 10.2 Å². The van der Waals surface area contributed by atoms with Gasteiger partial charge < -0.3 is 4.74 Å². The first kappa shape index (κ1) is 15.6. The van der Waals surface area contributed by atoms with Crippen LogP contribution in [-0.2, 0) is 0 Å². The Hall–Kier alpha value is -2.27. The molecule has 4 nitrogen and oxygen atoms in total. The standard InChI is InChI=1S/C18H19N3OS/c1-14-7-3-5-9-16(14)21-13-19-20-18(21)23-12-11-22-17-10-6-4-8-15(17)2/h3-10,13H,11-12H2,1-2H3. The van der Waals surface area contributed by atoms with Crippen molar-refractivity contribution in [2.24, 2.45) is 0 Å². The highest BCUT2D eigenvalue weighted by molar-refractivity contribution is 7.99. The molecule has 0 aliphatic carbocycles. The van der Waals surface area contributed by atoms with Crippen molar-refractivity contribution in [1.29, 1.82) is 0 Å². The van der Waals surface area contributed by atoms with Crippen LogP contribution in [0.3, 0.4) is 0 Å². The monoisotopic (exact) mass is 325 g/mol. The molecule has 3 rings (SSSR count). The molecule has 3 aromatic rings. The minimum Gasteiger partial charge on any atom is -0.492 e. The van der Waals surface area contributed by atoms with Gasteiger partial charge in [0.05, 0.1) is 12.3 Å². The predicted octanol–water partition coefficient (Wildman–Crippen LogP) is 4.06. The lowest BCUT2D eigenvalue weighted by molar-refractivity contribution is 0.341. The van der Waals surface area contributed by atoms with Crippen molar-refractivity contribution < 1.29 is 4.74 Å². The number of hydrogen-bond donors (Lipinski definition) is 0. The Morgan fingerprint density at radius 1 is 1.00 bits per heavy atom. The zero-order valence-electron chi connectivity index (χ0n) is 13.3. The van der Waals surface area contributed by atoms with Crippen molar-refractivity contribution in [3.05, 3.63) is 66.0 Å². The minimum absolute atomic E-state index is 0.635. The molecule has 0 amide bonds. The second-order valence-electron chi connectivity index (χ2n) is 5.23. The van der Waals surface area contributed by atoms with Gasteiger partial charge in [-0.05, 0) is 37.1 Å². The van der Waals surface area contributed by atoms with E-state index in [2.05, 4.69) is 42.2 Å². The molecule has 5 heteroatoms. The van der Waals surface area contributed by atoms with Gasteiger partial charge >= 0.3 is 0 Å². The summed E-state index contributed by atoms with van der Waals surface area (Å²) >= 11 is 1.65. The molecule has 2 aromatic carbocycles. The number of aromatic nitrogens is 3. The molecular weight excluding hydrogens is 306 g/mol. The fourth-order valence-corrected chi connectivity index (χ4v) is 3.06. The number of nitrogens with zero attached hydrogens (tertiary/aromatic N) is 3. The van der Waals surface area contributed by atoms with Crippen molar-refractivity contribution >= 4 is 11.8 Å². The van der Waals surface area contributed by atoms with Gasteiger partial charge in [0.1, 0.15) is 12.1 Å². The van der Waals surface area contributed by atoms with Crippen LogP contribution in [0.25, 0.3) is 5.69 Å². The maximum absolute atomic E-state index is 5.83. The smallest absolute Gasteiger partial charge is 0.195 e. The van der Waals surface area contributed by atoms with Crippen LogP contribution in [0, 0.1) is 13.8 Å². The molecule has 0 fully saturated rings. The van der Waals surface area contributed by atoms with Crippen LogP contribution in [0.2, 0.25) is 0 Å². The SMILES string of the molecule is Cc1ccccc1OCCSc1nncn1-c1ccccc1C. The van der Waals surface area contributed by atoms with E-state index < -0.39 is 0 Å². The van der Waals surface area contributed by atoms with Crippen LogP contribution < -0.4 is 4.74 Å². The Kier molecular flexibility index (Phi) is 4.98. The molecular formula is C18H19N3OS. The van der Waals surface area contributed by atoms with Gasteiger partial charge in [0, 0.05) is 5.75 Å². The summed E-state index contributed by atoms with van der Waals surface area (Å²) in [4.78, 5) is 0. The Labute approximate surface area is 140 Å². The normalized spacial score (nSPS) is 10.7. The summed E-state index contributed by atoms with van der Waals surface area (Å²) < 4.78 is 7.85. The molecule has 0 N–H and O–H groups in total. The number of para-hydroxylation sites is 2. The highest BCUT2D eigenvalue weighted by Crippen LogP contribution is 2.22. The first-order chi connectivity index (χ1) is 11.3. The Morgan fingerprint density at radius 2 is 1.74 bits per heavy atom. The third-order valence-corrected chi connectivity index (χ3v) is 4.46. The van der Waals surface area contributed by atoms with E-state index in [4.69, 9.17) is 4.74 Å². The number of hydrogen-bond acceptors (Lipinski definition) is 4. The Balaban J connectivity index is 1.61. The van der Waals surface area contributed by atoms with Crippen molar-refractivity contribution in [2.45, 2.75) is 19.0 Å². The molecule has 23 heavy (non-hydrogen) atoms. The van der Waals surface area contributed by atoms with Crippen molar-refractivity contribution in [3.8, 4) is 11.4 Å². The first-order valence-corrected chi connectivity index (χ1v) is 8.51. The van der Waals surface area contributed by atoms with Crippen LogP contribution >= 0.6 is 11.8 Å². The molecule has 0 unspecified atom stereocenters. The average molecular weight is 325 g/mol. The second kappa shape index (κ2) is 7.33. The lowest BCUT2D eigenvalue weighted by Gasteiger charge is -2.10. The van der Waals surface area contributed by atoms with Gasteiger partial charge in [0.2, 0.25) is 0 Å². The van der Waals surface area contributed by atoms with Gasteiger partial charge in [-0.3, -0.25) is 4.57 Å². The van der Waals surface area contributed by atoms with Crippen LogP contribution in [0.4, 0.5) is 0 Å². The summed E-state index contributed by atoms with van der Waals surface area (Å²) in [5.74, 6) is 1.76. The van der Waals surface area contributed by atoms with E-state index in [0.717, 1.165) is 27.9 Å². The number of aryl methyl sites for hydroxylation is 2. The fourth-order valence-electron chi connectivity index (χ4n) is 2.32. The minimum atomic E-state index is 0.635. The van der Waals surface area contributed by atoms with E-state index in [1.165, 1.54) is 5.56 Å². The molecule has 0 atom stereocenters. The third-order valence-electron chi connectivity index (χ3n) is 3.56. The molecule has 1 heterocycles. The van der Waals surface area contributed by atoms with Gasteiger partial charge in [-0.1, -0.05) is 48.2 Å². The number of thioether (sulfide) groups is 1. The van der Waals surface area contributed by atoms with E-state index in [9.17, 15) is 0 Å². The number of benzene rings is 2. The number of rotatable bonds is 6. The summed E-state index contributed by atoms with van der Waals surface area (Å²) in [5, 5.41) is 9.14. The average Bonchev–Trinajstić information content (AvgIpc) is 3.02. The first-order valence-electron chi connectivity index (χ1n) is 7.53. The van der Waals surface area contributed by atoms with E-state index >= 15 is 0 Å². The molecule has 0 radical (unpaired) electrons. The topological polar surface area (TPSA) is 39.9 Å². The fraction of sp³-hybridized carbons (Fsp3) is 0.222. The van der Waals surface area contributed by atoms with Crippen LogP contribution in [0.1, 0.15) is 11.1 Å². The summed E-state index contributed by atoms with van der Waals surface area (Å²) in [6, 6.07) is 16.3. The van der Waals surface area contributed by atoms with E-state index in [0.29, 0.717) is 6.61 Å². The summed E-state index contributed by atoms with van der Waals surface area (Å²) in [5.41, 5.74) is 3.46. The second-order valence-corrected chi connectivity index (χ2v) is 6.29. The third kappa shape index (κ3) is 3.74. The summed E-state index contributed by atoms with van der Waals surface area (Å²) in [7, 11) is 0. The van der Waals surface area contributed by atoms with Gasteiger partial charge in [-0.25, -0.2) is 0 Å². The molecule has 0 bridgehead atoms. The van der Waals surface area contributed by atoms with Gasteiger partial charge in [0.15, 0.2) is 5.16 Å². The Bertz CT molecular complexity index is 785. The van der Waals surface area contributed by atoms with Crippen molar-refractivity contribution in [1.82, 2.24) is 14.8 Å². The molecule has 0 aliphatic rings. The van der Waals surface area contributed by atoms with Crippen LogP contribution in [-0.4, -0.2) is 27.1 Å². The molecule has 0 saturated carbocycles. The number of ether oxygens (including phenoxy) is 1. The highest BCUT2D eigenvalue weighted by Gasteiger charge is 2.09. The van der Waals surface area contributed by atoms with Crippen molar-refractivity contribution in [3.63, 3.8) is 0 Å². The molecule has 118 valence electrons. The maximum atomic E-state index is 5.83. The summed E-state index contributed by atoms with van der Waals surface area (Å²) in [6.45, 7) is 4.78. The van der Waals surface area contributed by atoms with E-state index in [1.54, 1.807) is 18.1 Å². The van der Waals surface area contributed by atoms with Gasteiger partial charge in [0.25, 0.3) is 0 Å². The molecule has 0 spiro atoms. The lowest BCUT2D eigenvalue weighted by atomic mass is 10.2. The molecule has 1 aromatic heterocycles. The quantitative estimate of drug-likeness (QED) is 0.506. The summed E-state index contributed by atoms with van der Waals surface area (Å²) in [6.07, 6.45) is 1.76. The van der Waals surface area contributed by atoms with Crippen molar-refractivity contribution in [2.75, 3.05) is 12.4 Å². The zero-order chi connectivity index (χ0) is 16.1. The lowest BCUT2D eigenvalue weighted by Crippen LogP contribution is -2.03. The van der Waals surface area contributed by atoms with E-state index in [1.807, 2.05) is 34.9 Å². The van der Waals surface area contributed by atoms with Crippen LogP contribution in [0.5, 0.6) is 5.75 Å². The van der Waals surface area contributed by atoms with E-state index in [-0.39, 0.29) is 0 Å². The van der Waals surface area contributed by atoms with Crippen LogP contribution in [0.15, 0.2) is 60.0 Å². The molecule has 0 saturated heterocycles. The largest absolute Gasteiger partial charge is 0.492 e. The zero-order valence-corrected chi connectivity index (χ0v) is 14.1. The maximum Gasteiger partial charge on any atom is 0.195 e. The van der Waals surface area contributed by atoms with Gasteiger partial charge in [-0.2, -0.15) is 0 Å². The predicted molar refractivity (Wildman–Crippen MR) is 93.5 cm³/mol. The Morgan fingerprint density at radius 3 is 2.52 bits per heavy atom.